The molecule has 7 heteroatoms. The SMILES string of the molecule is CN=C(NCCCOCC(C)C)NCc1ccc(NCCOC)cc1.I. The maximum atomic E-state index is 5.57. The van der Waals surface area contributed by atoms with Gasteiger partial charge in [-0.2, -0.15) is 0 Å². The first kappa shape index (κ1) is 24.9. The highest BCUT2D eigenvalue weighted by atomic mass is 127. The number of nitrogens with zero attached hydrogens (tertiary/aromatic N) is 1. The third kappa shape index (κ3) is 12.3. The van der Waals surface area contributed by atoms with Crippen molar-refractivity contribution in [3.63, 3.8) is 0 Å². The molecule has 0 saturated carbocycles. The van der Waals surface area contributed by atoms with E-state index in [1.165, 1.54) is 5.56 Å². The molecular formula is C19H35IN4O2. The zero-order chi connectivity index (χ0) is 18.3. The number of hydrogen-bond acceptors (Lipinski definition) is 4. The van der Waals surface area contributed by atoms with Crippen molar-refractivity contribution in [2.45, 2.75) is 26.8 Å². The average molecular weight is 478 g/mol. The van der Waals surface area contributed by atoms with E-state index < -0.39 is 0 Å². The van der Waals surface area contributed by atoms with Crippen LogP contribution in [0.4, 0.5) is 5.69 Å². The lowest BCUT2D eigenvalue weighted by Gasteiger charge is -2.13. The summed E-state index contributed by atoms with van der Waals surface area (Å²) < 4.78 is 10.6. The van der Waals surface area contributed by atoms with Crippen molar-refractivity contribution in [3.8, 4) is 0 Å². The molecule has 0 saturated heterocycles. The van der Waals surface area contributed by atoms with Crippen molar-refractivity contribution in [3.05, 3.63) is 29.8 Å². The summed E-state index contributed by atoms with van der Waals surface area (Å²) in [4.78, 5) is 4.24. The number of hydrogen-bond donors (Lipinski definition) is 3. The number of ether oxygens (including phenoxy) is 2. The molecule has 0 spiro atoms. The van der Waals surface area contributed by atoms with E-state index >= 15 is 0 Å². The van der Waals surface area contributed by atoms with Gasteiger partial charge in [0.1, 0.15) is 0 Å². The third-order valence-corrected chi connectivity index (χ3v) is 3.48. The van der Waals surface area contributed by atoms with Crippen LogP contribution in [-0.4, -0.2) is 53.0 Å². The Balaban J connectivity index is 0.00000625. The van der Waals surface area contributed by atoms with Gasteiger partial charge in [0.05, 0.1) is 6.61 Å². The van der Waals surface area contributed by atoms with E-state index in [1.807, 2.05) is 0 Å². The van der Waals surface area contributed by atoms with Gasteiger partial charge >= 0.3 is 0 Å². The fourth-order valence-electron chi connectivity index (χ4n) is 2.14. The van der Waals surface area contributed by atoms with E-state index in [0.717, 1.165) is 50.9 Å². The molecule has 1 rings (SSSR count). The minimum atomic E-state index is 0. The van der Waals surface area contributed by atoms with E-state index in [1.54, 1.807) is 14.2 Å². The van der Waals surface area contributed by atoms with Crippen LogP contribution in [0.5, 0.6) is 0 Å². The van der Waals surface area contributed by atoms with Crippen LogP contribution in [-0.2, 0) is 16.0 Å². The number of nitrogens with one attached hydrogen (secondary N) is 3. The monoisotopic (exact) mass is 478 g/mol. The van der Waals surface area contributed by atoms with Gasteiger partial charge in [0, 0.05) is 52.7 Å². The van der Waals surface area contributed by atoms with Crippen LogP contribution in [0.2, 0.25) is 0 Å². The summed E-state index contributed by atoms with van der Waals surface area (Å²) in [5.41, 5.74) is 2.31. The molecule has 1 aromatic carbocycles. The highest BCUT2D eigenvalue weighted by Gasteiger charge is 1.99. The molecule has 0 aromatic heterocycles. The summed E-state index contributed by atoms with van der Waals surface area (Å²) in [5, 5.41) is 9.94. The van der Waals surface area contributed by atoms with E-state index in [9.17, 15) is 0 Å². The Morgan fingerprint density at radius 2 is 1.81 bits per heavy atom. The Labute approximate surface area is 175 Å². The first-order chi connectivity index (χ1) is 12.2. The lowest BCUT2D eigenvalue weighted by atomic mass is 10.2. The van der Waals surface area contributed by atoms with Crippen LogP contribution in [0.3, 0.4) is 0 Å². The minimum absolute atomic E-state index is 0. The first-order valence-corrected chi connectivity index (χ1v) is 8.99. The third-order valence-electron chi connectivity index (χ3n) is 3.48. The maximum Gasteiger partial charge on any atom is 0.191 e. The standard InChI is InChI=1S/C19H34N4O2.HI/c1-16(2)15-25-12-5-10-22-19(20-3)23-14-17-6-8-18(9-7-17)21-11-13-24-4;/h6-9,16,21H,5,10-15H2,1-4H3,(H2,20,22,23);1H. The molecule has 0 unspecified atom stereocenters. The van der Waals surface area contributed by atoms with E-state index in [-0.39, 0.29) is 24.0 Å². The van der Waals surface area contributed by atoms with Gasteiger partial charge in [-0.15, -0.1) is 24.0 Å². The zero-order valence-electron chi connectivity index (χ0n) is 16.5. The van der Waals surface area contributed by atoms with Crippen molar-refractivity contribution in [1.29, 1.82) is 0 Å². The van der Waals surface area contributed by atoms with Crippen LogP contribution in [0, 0.1) is 5.92 Å². The largest absolute Gasteiger partial charge is 0.383 e. The number of halogens is 1. The van der Waals surface area contributed by atoms with Gasteiger partial charge in [0.15, 0.2) is 5.96 Å². The number of rotatable bonds is 12. The Bertz CT molecular complexity index is 481. The molecule has 0 aliphatic heterocycles. The summed E-state index contributed by atoms with van der Waals surface area (Å²) in [6.45, 7) is 9.02. The molecular weight excluding hydrogens is 443 g/mol. The molecule has 0 radical (unpaired) electrons. The first-order valence-electron chi connectivity index (χ1n) is 8.99. The summed E-state index contributed by atoms with van der Waals surface area (Å²) in [7, 11) is 3.49. The second-order valence-electron chi connectivity index (χ2n) is 6.29. The summed E-state index contributed by atoms with van der Waals surface area (Å²) in [5.74, 6) is 1.40. The van der Waals surface area contributed by atoms with E-state index in [2.05, 4.69) is 59.1 Å². The normalized spacial score (nSPS) is 11.2. The number of methoxy groups -OCH3 is 1. The van der Waals surface area contributed by atoms with Crippen molar-refractivity contribution >= 4 is 35.6 Å². The summed E-state index contributed by atoms with van der Waals surface area (Å²) in [6.07, 6.45) is 0.968. The van der Waals surface area contributed by atoms with Crippen molar-refractivity contribution in [1.82, 2.24) is 10.6 Å². The summed E-state index contributed by atoms with van der Waals surface area (Å²) >= 11 is 0. The van der Waals surface area contributed by atoms with Crippen LogP contribution < -0.4 is 16.0 Å². The fourth-order valence-corrected chi connectivity index (χ4v) is 2.14. The lowest BCUT2D eigenvalue weighted by Crippen LogP contribution is -2.37. The Morgan fingerprint density at radius 3 is 2.42 bits per heavy atom. The topological polar surface area (TPSA) is 66.9 Å². The van der Waals surface area contributed by atoms with Crippen LogP contribution in [0.25, 0.3) is 0 Å². The number of guanidine groups is 1. The van der Waals surface area contributed by atoms with Crippen molar-refractivity contribution in [2.75, 3.05) is 52.4 Å². The van der Waals surface area contributed by atoms with Gasteiger partial charge in [0.2, 0.25) is 0 Å². The molecule has 26 heavy (non-hydrogen) atoms. The lowest BCUT2D eigenvalue weighted by molar-refractivity contribution is 0.108. The maximum absolute atomic E-state index is 5.57. The second-order valence-corrected chi connectivity index (χ2v) is 6.29. The molecule has 1 aromatic rings. The highest BCUT2D eigenvalue weighted by Crippen LogP contribution is 2.08. The predicted octanol–water partition coefficient (Wildman–Crippen LogP) is 3.09. The van der Waals surface area contributed by atoms with Crippen molar-refractivity contribution in [2.24, 2.45) is 10.9 Å². The molecule has 3 N–H and O–H groups in total. The molecule has 0 fully saturated rings. The minimum Gasteiger partial charge on any atom is -0.383 e. The number of aliphatic imine (C=N–C) groups is 1. The van der Waals surface area contributed by atoms with Crippen molar-refractivity contribution < 1.29 is 9.47 Å². The van der Waals surface area contributed by atoms with Gasteiger partial charge in [-0.3, -0.25) is 4.99 Å². The number of benzene rings is 1. The molecule has 0 heterocycles. The van der Waals surface area contributed by atoms with Gasteiger partial charge < -0.3 is 25.4 Å². The molecule has 0 aliphatic carbocycles. The number of anilines is 1. The van der Waals surface area contributed by atoms with Crippen LogP contribution in [0.15, 0.2) is 29.3 Å². The predicted molar refractivity (Wildman–Crippen MR) is 121 cm³/mol. The molecule has 0 amide bonds. The Hall–Kier alpha value is -1.06. The summed E-state index contributed by atoms with van der Waals surface area (Å²) in [6, 6.07) is 8.37. The molecule has 150 valence electrons. The van der Waals surface area contributed by atoms with Gasteiger partial charge in [-0.25, -0.2) is 0 Å². The van der Waals surface area contributed by atoms with Gasteiger partial charge in [0.25, 0.3) is 0 Å². The Kier molecular flexibility index (Phi) is 15.5. The molecule has 0 aliphatic rings. The average Bonchev–Trinajstić information content (AvgIpc) is 2.61. The zero-order valence-corrected chi connectivity index (χ0v) is 18.8. The smallest absolute Gasteiger partial charge is 0.191 e. The van der Waals surface area contributed by atoms with Gasteiger partial charge in [-0.05, 0) is 30.0 Å². The van der Waals surface area contributed by atoms with Crippen LogP contribution >= 0.6 is 24.0 Å². The molecule has 6 nitrogen and oxygen atoms in total. The van der Waals surface area contributed by atoms with Crippen LogP contribution in [0.1, 0.15) is 25.8 Å². The van der Waals surface area contributed by atoms with Gasteiger partial charge in [-0.1, -0.05) is 26.0 Å². The second kappa shape index (κ2) is 16.1. The van der Waals surface area contributed by atoms with E-state index in [0.29, 0.717) is 12.5 Å². The Morgan fingerprint density at radius 1 is 1.08 bits per heavy atom. The fraction of sp³-hybridized carbons (Fsp3) is 0.632. The molecule has 0 bridgehead atoms. The molecule has 0 atom stereocenters. The quantitative estimate of drug-likeness (QED) is 0.187. The highest BCUT2D eigenvalue weighted by molar-refractivity contribution is 14.0. The van der Waals surface area contributed by atoms with E-state index in [4.69, 9.17) is 9.47 Å².